The minimum atomic E-state index is -0.107. The van der Waals surface area contributed by atoms with E-state index in [1.54, 1.807) is 0 Å². The molecule has 0 unspecified atom stereocenters. The summed E-state index contributed by atoms with van der Waals surface area (Å²) in [6.07, 6.45) is 5.89. The monoisotopic (exact) mass is 461 g/mol. The number of nitrogens with one attached hydrogen (secondary N) is 1. The number of aromatic nitrogens is 4. The topological polar surface area (TPSA) is 68.8 Å². The van der Waals surface area contributed by atoms with Crippen LogP contribution in [0.15, 0.2) is 34.9 Å². The summed E-state index contributed by atoms with van der Waals surface area (Å²) in [7, 11) is 2.03. The van der Waals surface area contributed by atoms with Crippen molar-refractivity contribution < 1.29 is 4.52 Å². The Morgan fingerprint density at radius 3 is 2.35 bits per heavy atom. The molecule has 2 heterocycles. The highest BCUT2D eigenvalue weighted by molar-refractivity contribution is 5.66. The molecule has 3 aromatic rings. The normalized spacial score (nSPS) is 24.7. The Balaban J connectivity index is 1.30. The van der Waals surface area contributed by atoms with Crippen LogP contribution in [0, 0.1) is 5.41 Å². The van der Waals surface area contributed by atoms with Crippen LogP contribution in [0.1, 0.15) is 91.1 Å². The fourth-order valence-electron chi connectivity index (χ4n) is 5.80. The lowest BCUT2D eigenvalue weighted by Crippen LogP contribution is -2.24. The summed E-state index contributed by atoms with van der Waals surface area (Å²) in [4.78, 5) is 4.85. The number of hydrogen-bond acceptors (Lipinski definition) is 5. The molecule has 0 spiro atoms. The number of rotatable bonds is 5. The molecule has 1 aromatic carbocycles. The molecule has 0 atom stereocenters. The zero-order valence-electron chi connectivity index (χ0n) is 21.8. The molecule has 6 heteroatoms. The lowest BCUT2D eigenvalue weighted by molar-refractivity contribution is 0.302. The van der Waals surface area contributed by atoms with Crippen LogP contribution in [-0.2, 0) is 23.3 Å². The Bertz CT molecular complexity index is 1180. The van der Waals surface area contributed by atoms with E-state index in [1.165, 1.54) is 24.1 Å². The molecule has 6 nitrogen and oxygen atoms in total. The third kappa shape index (κ3) is 4.05. The van der Waals surface area contributed by atoms with Crippen molar-refractivity contribution in [3.63, 3.8) is 0 Å². The Kier molecular flexibility index (Phi) is 5.23. The molecule has 0 saturated heterocycles. The highest BCUT2D eigenvalue weighted by Crippen LogP contribution is 2.61. The molecule has 182 valence electrons. The van der Waals surface area contributed by atoms with E-state index >= 15 is 0 Å². The second-order valence-electron chi connectivity index (χ2n) is 12.9. The van der Waals surface area contributed by atoms with Crippen LogP contribution in [0.25, 0.3) is 11.3 Å². The van der Waals surface area contributed by atoms with Gasteiger partial charge in [-0.2, -0.15) is 10.1 Å². The predicted octanol–water partition coefficient (Wildman–Crippen LogP) is 6.38. The predicted molar refractivity (Wildman–Crippen MR) is 136 cm³/mol. The first-order valence-electron chi connectivity index (χ1n) is 12.6. The van der Waals surface area contributed by atoms with Crippen molar-refractivity contribution in [2.45, 2.75) is 89.9 Å². The van der Waals surface area contributed by atoms with Crippen molar-refractivity contribution in [3.8, 4) is 11.3 Å². The van der Waals surface area contributed by atoms with E-state index in [-0.39, 0.29) is 16.2 Å². The molecule has 2 bridgehead atoms. The maximum Gasteiger partial charge on any atom is 0.232 e. The average molecular weight is 462 g/mol. The summed E-state index contributed by atoms with van der Waals surface area (Å²) in [5.74, 6) is 1.69. The van der Waals surface area contributed by atoms with Crippen LogP contribution in [0.5, 0.6) is 0 Å². The molecule has 0 amide bonds. The van der Waals surface area contributed by atoms with Gasteiger partial charge in [-0.25, -0.2) is 0 Å². The molecule has 2 aliphatic rings. The van der Waals surface area contributed by atoms with Gasteiger partial charge in [0.2, 0.25) is 5.89 Å². The second-order valence-corrected chi connectivity index (χ2v) is 12.9. The van der Waals surface area contributed by atoms with E-state index in [1.807, 2.05) is 11.7 Å². The first-order chi connectivity index (χ1) is 15.9. The van der Waals surface area contributed by atoms with E-state index in [2.05, 4.69) is 82.3 Å². The van der Waals surface area contributed by atoms with Crippen molar-refractivity contribution in [2.24, 2.45) is 12.5 Å². The molecule has 0 aliphatic heterocycles. The summed E-state index contributed by atoms with van der Waals surface area (Å²) in [6.45, 7) is 14.0. The molecule has 1 N–H and O–H groups in total. The van der Waals surface area contributed by atoms with Crippen LogP contribution in [-0.4, -0.2) is 26.5 Å². The smallest absolute Gasteiger partial charge is 0.232 e. The molecular weight excluding hydrogens is 422 g/mol. The van der Waals surface area contributed by atoms with Crippen molar-refractivity contribution in [1.29, 1.82) is 0 Å². The van der Waals surface area contributed by atoms with Crippen LogP contribution in [0.2, 0.25) is 0 Å². The zero-order valence-corrected chi connectivity index (χ0v) is 21.8. The van der Waals surface area contributed by atoms with E-state index < -0.39 is 0 Å². The third-order valence-corrected chi connectivity index (χ3v) is 8.00. The van der Waals surface area contributed by atoms with Gasteiger partial charge in [-0.15, -0.1) is 0 Å². The van der Waals surface area contributed by atoms with Gasteiger partial charge in [-0.3, -0.25) is 4.68 Å². The molecule has 2 fully saturated rings. The quantitative estimate of drug-likeness (QED) is 0.477. The van der Waals surface area contributed by atoms with Crippen LogP contribution in [0.4, 0.5) is 5.69 Å². The fraction of sp³-hybridized carbons (Fsp3) is 0.607. The van der Waals surface area contributed by atoms with Gasteiger partial charge in [0, 0.05) is 41.1 Å². The van der Waals surface area contributed by atoms with Gasteiger partial charge >= 0.3 is 0 Å². The van der Waals surface area contributed by atoms with Gasteiger partial charge < -0.3 is 9.84 Å². The van der Waals surface area contributed by atoms with Crippen LogP contribution in [0.3, 0.4) is 0 Å². The minimum Gasteiger partial charge on any atom is -0.384 e. The molecule has 2 saturated carbocycles. The van der Waals surface area contributed by atoms with E-state index in [4.69, 9.17) is 14.6 Å². The summed E-state index contributed by atoms with van der Waals surface area (Å²) >= 11 is 0. The van der Waals surface area contributed by atoms with Crippen LogP contribution < -0.4 is 5.32 Å². The lowest BCUT2D eigenvalue weighted by Gasteiger charge is -2.27. The largest absolute Gasteiger partial charge is 0.384 e. The van der Waals surface area contributed by atoms with Crippen molar-refractivity contribution in [2.75, 3.05) is 11.9 Å². The molecule has 2 aliphatic carbocycles. The highest BCUT2D eigenvalue weighted by Gasteiger charge is 2.57. The minimum absolute atomic E-state index is 0.0365. The average Bonchev–Trinajstić information content (AvgIpc) is 3.53. The Hall–Kier alpha value is -2.63. The van der Waals surface area contributed by atoms with E-state index in [0.29, 0.717) is 5.41 Å². The number of anilines is 1. The zero-order chi connectivity index (χ0) is 24.4. The van der Waals surface area contributed by atoms with E-state index in [0.717, 1.165) is 48.9 Å². The number of aryl methyl sites for hydroxylation is 1. The number of hydrogen-bond donors (Lipinski definition) is 1. The van der Waals surface area contributed by atoms with Gasteiger partial charge in [-0.1, -0.05) is 58.8 Å². The summed E-state index contributed by atoms with van der Waals surface area (Å²) in [5, 5.41) is 13.0. The SMILES string of the molecule is Cn1nc(C(C)(C)C)cc1-c1cccc(NCC23CCC(c4noc(C(C)(C)C)n4)(CC2)C3)c1. The van der Waals surface area contributed by atoms with E-state index in [9.17, 15) is 0 Å². The maximum atomic E-state index is 5.65. The molecular formula is C28H39N5O. The van der Waals surface area contributed by atoms with Gasteiger partial charge in [0.05, 0.1) is 11.4 Å². The first-order valence-corrected chi connectivity index (χ1v) is 12.6. The number of nitrogens with zero attached hydrogens (tertiary/aromatic N) is 4. The van der Waals surface area contributed by atoms with Gasteiger partial charge in [0.15, 0.2) is 5.82 Å². The Morgan fingerprint density at radius 1 is 1.00 bits per heavy atom. The van der Waals surface area contributed by atoms with Crippen LogP contribution >= 0.6 is 0 Å². The Labute approximate surface area is 203 Å². The summed E-state index contributed by atoms with van der Waals surface area (Å²) < 4.78 is 7.65. The molecule has 2 aromatic heterocycles. The summed E-state index contributed by atoms with van der Waals surface area (Å²) in [5.41, 5.74) is 4.97. The van der Waals surface area contributed by atoms with Gasteiger partial charge in [-0.05, 0) is 55.7 Å². The third-order valence-electron chi connectivity index (χ3n) is 8.00. The molecule has 0 radical (unpaired) electrons. The fourth-order valence-corrected chi connectivity index (χ4v) is 5.80. The first kappa shape index (κ1) is 23.1. The standard InChI is InChI=1S/C28H39N5O/c1-25(2,3)22-16-21(33(7)31-22)19-9-8-10-20(15-19)29-18-27-11-13-28(17-27,14-12-27)23-30-24(34-32-23)26(4,5)6/h8-10,15-16,29H,11-14,17-18H2,1-7H3. The lowest BCUT2D eigenvalue weighted by atomic mass is 9.81. The second kappa shape index (κ2) is 7.69. The highest BCUT2D eigenvalue weighted by atomic mass is 16.5. The van der Waals surface area contributed by atoms with Crippen molar-refractivity contribution in [3.05, 3.63) is 47.7 Å². The summed E-state index contributed by atoms with van der Waals surface area (Å²) in [6, 6.07) is 11.0. The van der Waals surface area contributed by atoms with Crippen molar-refractivity contribution >= 4 is 5.69 Å². The van der Waals surface area contributed by atoms with Gasteiger partial charge in [0.1, 0.15) is 0 Å². The maximum absolute atomic E-state index is 5.65. The van der Waals surface area contributed by atoms with Crippen molar-refractivity contribution in [1.82, 2.24) is 19.9 Å². The number of benzene rings is 1. The van der Waals surface area contributed by atoms with Gasteiger partial charge in [0.25, 0.3) is 0 Å². The molecule has 5 rings (SSSR count). The number of fused-ring (bicyclic) bond motifs is 2. The molecule has 34 heavy (non-hydrogen) atoms. The Morgan fingerprint density at radius 2 is 1.74 bits per heavy atom.